The minimum Gasteiger partial charge on any atom is -0.352 e. The summed E-state index contributed by atoms with van der Waals surface area (Å²) in [6.07, 6.45) is 0.626. The highest BCUT2D eigenvalue weighted by Crippen LogP contribution is 2.26. The van der Waals surface area contributed by atoms with Crippen LogP contribution in [0.3, 0.4) is 0 Å². The number of carbonyl (C=O) groups excluding carboxylic acids is 2. The van der Waals surface area contributed by atoms with E-state index in [4.69, 9.17) is 23.2 Å². The van der Waals surface area contributed by atoms with E-state index >= 15 is 0 Å². The lowest BCUT2D eigenvalue weighted by Crippen LogP contribution is -2.27. The van der Waals surface area contributed by atoms with E-state index in [1.807, 2.05) is 30.3 Å². The molecule has 0 aliphatic rings. The second-order valence-corrected chi connectivity index (χ2v) is 11.3. The van der Waals surface area contributed by atoms with Crippen molar-refractivity contribution in [1.29, 1.82) is 0 Å². The molecule has 4 rings (SSSR count). The lowest BCUT2D eigenvalue weighted by Gasteiger charge is -2.11. The second-order valence-electron chi connectivity index (χ2n) is 7.59. The highest BCUT2D eigenvalue weighted by Gasteiger charge is 2.24. The Morgan fingerprint density at radius 2 is 1.59 bits per heavy atom. The fourth-order valence-corrected chi connectivity index (χ4v) is 5.70. The van der Waals surface area contributed by atoms with E-state index in [2.05, 4.69) is 25.6 Å². The van der Waals surface area contributed by atoms with Crippen molar-refractivity contribution in [1.82, 2.24) is 15.5 Å². The van der Waals surface area contributed by atoms with Crippen molar-refractivity contribution in [3.63, 3.8) is 0 Å². The van der Waals surface area contributed by atoms with Gasteiger partial charge in [0.25, 0.3) is 26.2 Å². The number of amides is 2. The van der Waals surface area contributed by atoms with Crippen molar-refractivity contribution in [3.05, 3.63) is 99.5 Å². The first-order valence-corrected chi connectivity index (χ1v) is 13.8. The van der Waals surface area contributed by atoms with E-state index in [1.165, 1.54) is 30.3 Å². The quantitative estimate of drug-likeness (QED) is 0.244. The number of halogens is 2. The van der Waals surface area contributed by atoms with Gasteiger partial charge in [-0.15, -0.1) is 10.2 Å². The van der Waals surface area contributed by atoms with Gasteiger partial charge in [0.2, 0.25) is 5.13 Å². The van der Waals surface area contributed by atoms with E-state index in [1.54, 1.807) is 12.1 Å². The Bertz CT molecular complexity index is 1550. The van der Waals surface area contributed by atoms with E-state index in [9.17, 15) is 18.0 Å². The number of benzene rings is 3. The van der Waals surface area contributed by atoms with Crippen LogP contribution in [0.15, 0.2) is 77.1 Å². The van der Waals surface area contributed by atoms with Crippen molar-refractivity contribution in [2.45, 2.75) is 10.8 Å². The number of anilines is 2. The fraction of sp³-hybridized carbons (Fsp3) is 0.0833. The summed E-state index contributed by atoms with van der Waals surface area (Å²) in [5, 5.41) is 13.1. The zero-order valence-electron chi connectivity index (χ0n) is 18.9. The van der Waals surface area contributed by atoms with Gasteiger partial charge in [0.05, 0.1) is 21.8 Å². The molecule has 3 N–H and O–H groups in total. The zero-order chi connectivity index (χ0) is 26.4. The Labute approximate surface area is 226 Å². The standard InChI is InChI=1S/C24H19Cl2N5O4S2/c25-16-10-11-17(19(26)14-16)22(33)28-23-29-30-24(36-23)37(34,35)31-20-9-5-4-8-18(20)21(32)27-13-12-15-6-2-1-3-7-15/h1-11,14,31H,12-13H2,(H,27,32)(H,28,29,33). The molecule has 0 aliphatic heterocycles. The summed E-state index contributed by atoms with van der Waals surface area (Å²) in [5.74, 6) is -1.04. The number of rotatable bonds is 9. The van der Waals surface area contributed by atoms with Gasteiger partial charge < -0.3 is 5.32 Å². The maximum absolute atomic E-state index is 13.0. The molecule has 0 radical (unpaired) electrons. The maximum Gasteiger partial charge on any atom is 0.291 e. The first-order chi connectivity index (χ1) is 17.7. The van der Waals surface area contributed by atoms with Crippen molar-refractivity contribution >= 4 is 67.2 Å². The Morgan fingerprint density at radius 1 is 0.865 bits per heavy atom. The molecule has 1 heterocycles. The molecule has 0 saturated carbocycles. The minimum absolute atomic E-state index is 0.0525. The summed E-state index contributed by atoms with van der Waals surface area (Å²) in [5.41, 5.74) is 1.42. The molecule has 37 heavy (non-hydrogen) atoms. The molecule has 9 nitrogen and oxygen atoms in total. The van der Waals surface area contributed by atoms with Crippen LogP contribution in [0.5, 0.6) is 0 Å². The molecule has 1 aromatic heterocycles. The number of carbonyl (C=O) groups is 2. The molecule has 0 unspecified atom stereocenters. The van der Waals surface area contributed by atoms with Crippen LogP contribution in [-0.4, -0.2) is 37.0 Å². The van der Waals surface area contributed by atoms with Crippen molar-refractivity contribution < 1.29 is 18.0 Å². The smallest absolute Gasteiger partial charge is 0.291 e. The number of aromatic nitrogens is 2. The minimum atomic E-state index is -4.21. The van der Waals surface area contributed by atoms with Crippen molar-refractivity contribution in [3.8, 4) is 0 Å². The predicted molar refractivity (Wildman–Crippen MR) is 144 cm³/mol. The summed E-state index contributed by atoms with van der Waals surface area (Å²) < 4.78 is 27.9. The van der Waals surface area contributed by atoms with E-state index in [0.717, 1.165) is 5.56 Å². The average molecular weight is 576 g/mol. The third-order valence-electron chi connectivity index (χ3n) is 4.99. The van der Waals surface area contributed by atoms with Crippen LogP contribution in [0.25, 0.3) is 0 Å². The van der Waals surface area contributed by atoms with Gasteiger partial charge in [0, 0.05) is 11.6 Å². The molecule has 0 saturated heterocycles. The van der Waals surface area contributed by atoms with Gasteiger partial charge >= 0.3 is 0 Å². The van der Waals surface area contributed by atoms with E-state index < -0.39 is 26.2 Å². The molecule has 4 aromatic rings. The van der Waals surface area contributed by atoms with Crippen molar-refractivity contribution in [2.75, 3.05) is 16.6 Å². The first-order valence-electron chi connectivity index (χ1n) is 10.8. The Balaban J connectivity index is 1.43. The van der Waals surface area contributed by atoms with Gasteiger partial charge in [-0.1, -0.05) is 77.0 Å². The van der Waals surface area contributed by atoms with Gasteiger partial charge in [0.15, 0.2) is 0 Å². The van der Waals surface area contributed by atoms with Gasteiger partial charge in [-0.2, -0.15) is 8.42 Å². The Morgan fingerprint density at radius 3 is 2.35 bits per heavy atom. The van der Waals surface area contributed by atoms with E-state index in [0.29, 0.717) is 29.3 Å². The normalized spacial score (nSPS) is 11.1. The van der Waals surface area contributed by atoms with Crippen LogP contribution in [0.2, 0.25) is 10.0 Å². The number of para-hydroxylation sites is 1. The van der Waals surface area contributed by atoms with Crippen molar-refractivity contribution in [2.24, 2.45) is 0 Å². The van der Waals surface area contributed by atoms with Crippen LogP contribution < -0.4 is 15.4 Å². The van der Waals surface area contributed by atoms with Crippen LogP contribution in [0.4, 0.5) is 10.8 Å². The van der Waals surface area contributed by atoms with Crippen LogP contribution in [-0.2, 0) is 16.4 Å². The molecule has 0 atom stereocenters. The van der Waals surface area contributed by atoms with Gasteiger partial charge in [0.1, 0.15) is 0 Å². The van der Waals surface area contributed by atoms with Gasteiger partial charge in [-0.3, -0.25) is 19.6 Å². The van der Waals surface area contributed by atoms with Crippen LogP contribution >= 0.6 is 34.5 Å². The molecule has 0 spiro atoms. The summed E-state index contributed by atoms with van der Waals surface area (Å²) in [6.45, 7) is 0.376. The third-order valence-corrected chi connectivity index (χ3v) is 8.11. The molecule has 3 aromatic carbocycles. The summed E-state index contributed by atoms with van der Waals surface area (Å²) in [7, 11) is -4.21. The maximum atomic E-state index is 13.0. The topological polar surface area (TPSA) is 130 Å². The molecule has 0 bridgehead atoms. The Kier molecular flexibility index (Phi) is 8.39. The molecule has 0 aliphatic carbocycles. The Hall–Kier alpha value is -3.51. The molecular weight excluding hydrogens is 557 g/mol. The summed E-state index contributed by atoms with van der Waals surface area (Å²) >= 11 is 12.5. The number of nitrogens with one attached hydrogen (secondary N) is 3. The van der Waals surface area contributed by atoms with Gasteiger partial charge in [-0.05, 0) is 42.3 Å². The number of hydrogen-bond donors (Lipinski definition) is 3. The van der Waals surface area contributed by atoms with Gasteiger partial charge in [-0.25, -0.2) is 0 Å². The SMILES string of the molecule is O=C(Nc1nnc(S(=O)(=O)Nc2ccccc2C(=O)NCCc2ccccc2)s1)c1ccc(Cl)cc1Cl. The molecule has 13 heteroatoms. The molecule has 2 amide bonds. The monoisotopic (exact) mass is 575 g/mol. The summed E-state index contributed by atoms with van der Waals surface area (Å²) in [4.78, 5) is 25.2. The number of hydrogen-bond acceptors (Lipinski definition) is 7. The lowest BCUT2D eigenvalue weighted by atomic mass is 10.1. The summed E-state index contributed by atoms with van der Waals surface area (Å²) in [6, 6.07) is 20.2. The van der Waals surface area contributed by atoms with E-state index in [-0.39, 0.29) is 27.0 Å². The third kappa shape index (κ3) is 6.83. The zero-order valence-corrected chi connectivity index (χ0v) is 22.1. The fourth-order valence-electron chi connectivity index (χ4n) is 3.23. The number of sulfonamides is 1. The second kappa shape index (κ2) is 11.7. The number of nitrogens with zero attached hydrogens (tertiary/aromatic N) is 2. The average Bonchev–Trinajstić information content (AvgIpc) is 3.34. The van der Waals surface area contributed by atoms with Crippen LogP contribution in [0, 0.1) is 0 Å². The highest BCUT2D eigenvalue weighted by molar-refractivity contribution is 7.94. The molecule has 190 valence electrons. The first kappa shape index (κ1) is 26.6. The highest BCUT2D eigenvalue weighted by atomic mass is 35.5. The largest absolute Gasteiger partial charge is 0.352 e. The molecular formula is C24H19Cl2N5O4S2. The molecule has 0 fully saturated rings. The van der Waals surface area contributed by atoms with Crippen LogP contribution in [0.1, 0.15) is 26.3 Å². The lowest BCUT2D eigenvalue weighted by molar-refractivity contribution is 0.0954. The predicted octanol–water partition coefficient (Wildman–Crippen LogP) is 4.87.